The molecule has 1 unspecified atom stereocenters. The van der Waals surface area contributed by atoms with Crippen LogP contribution in [0.3, 0.4) is 0 Å². The van der Waals surface area contributed by atoms with E-state index in [-0.39, 0.29) is 0 Å². The summed E-state index contributed by atoms with van der Waals surface area (Å²) < 4.78 is 0. The number of unbranched alkanes of at least 4 members (excludes halogenated alkanes) is 15. The predicted molar refractivity (Wildman–Crippen MR) is 113 cm³/mol. The van der Waals surface area contributed by atoms with Crippen molar-refractivity contribution in [2.24, 2.45) is 0 Å². The van der Waals surface area contributed by atoms with Gasteiger partial charge in [0.2, 0.25) is 0 Å². The number of hydrogen-bond acceptors (Lipinski definition) is 3. The van der Waals surface area contributed by atoms with Crippen molar-refractivity contribution in [2.75, 3.05) is 6.54 Å². The molecule has 1 heterocycles. The van der Waals surface area contributed by atoms with E-state index in [2.05, 4.69) is 22.9 Å². The van der Waals surface area contributed by atoms with Gasteiger partial charge in [-0.25, -0.2) is 4.79 Å². The van der Waals surface area contributed by atoms with Gasteiger partial charge in [-0.05, 0) is 6.42 Å². The Morgan fingerprint density at radius 3 is 1.57 bits per heavy atom. The molecule has 6 nitrogen and oxygen atoms in total. The van der Waals surface area contributed by atoms with Gasteiger partial charge < -0.3 is 10.6 Å². The van der Waals surface area contributed by atoms with E-state index in [4.69, 9.17) is 0 Å². The van der Waals surface area contributed by atoms with Gasteiger partial charge in [-0.1, -0.05) is 103 Å². The van der Waals surface area contributed by atoms with Crippen LogP contribution in [0.25, 0.3) is 0 Å². The Labute approximate surface area is 171 Å². The van der Waals surface area contributed by atoms with E-state index in [1.807, 2.05) is 0 Å². The van der Waals surface area contributed by atoms with E-state index < -0.39 is 23.9 Å². The van der Waals surface area contributed by atoms with Crippen LogP contribution in [0, 0.1) is 0 Å². The fourth-order valence-corrected chi connectivity index (χ4v) is 3.59. The zero-order chi connectivity index (χ0) is 20.5. The standard InChI is InChI=1S/C22H41N3O3/c1-2-3-4-5-6-7-8-9-10-11-12-13-14-15-16-17-18-23-20(26)19-21(27)25-22(28)24-19/h19H,2-18H2,1H3,(H,23,26)(H2,24,25,27,28). The van der Waals surface area contributed by atoms with Gasteiger partial charge in [-0.15, -0.1) is 0 Å². The third-order valence-corrected chi connectivity index (χ3v) is 5.37. The van der Waals surface area contributed by atoms with Crippen molar-refractivity contribution in [2.45, 2.75) is 116 Å². The zero-order valence-electron chi connectivity index (χ0n) is 17.8. The van der Waals surface area contributed by atoms with Crippen LogP contribution in [-0.4, -0.2) is 30.4 Å². The lowest BCUT2D eigenvalue weighted by molar-refractivity contribution is -0.129. The average Bonchev–Trinajstić information content (AvgIpc) is 3.02. The molecule has 0 aliphatic carbocycles. The molecule has 0 aromatic carbocycles. The van der Waals surface area contributed by atoms with Crippen LogP contribution in [0.4, 0.5) is 4.79 Å². The molecular formula is C22H41N3O3. The highest BCUT2D eigenvalue weighted by Gasteiger charge is 2.35. The number of hydrogen-bond donors (Lipinski definition) is 3. The first-order chi connectivity index (χ1) is 13.6. The fraction of sp³-hybridized carbons (Fsp3) is 0.864. The number of imide groups is 1. The minimum Gasteiger partial charge on any atom is -0.354 e. The molecule has 1 saturated heterocycles. The first-order valence-corrected chi connectivity index (χ1v) is 11.5. The molecule has 1 aliphatic rings. The first kappa shape index (κ1) is 24.4. The fourth-order valence-electron chi connectivity index (χ4n) is 3.59. The van der Waals surface area contributed by atoms with Crippen LogP contribution in [0.1, 0.15) is 110 Å². The summed E-state index contributed by atoms with van der Waals surface area (Å²) in [5, 5.41) is 7.07. The Bertz CT molecular complexity index is 454. The maximum Gasteiger partial charge on any atom is 0.322 e. The minimum atomic E-state index is -1.08. The molecule has 0 aromatic rings. The number of carbonyl (C=O) groups is 3. The van der Waals surface area contributed by atoms with Crippen molar-refractivity contribution >= 4 is 17.8 Å². The summed E-state index contributed by atoms with van der Waals surface area (Å²) in [6.45, 7) is 2.82. The number of amides is 4. The van der Waals surface area contributed by atoms with Crippen molar-refractivity contribution in [3.8, 4) is 0 Å². The summed E-state index contributed by atoms with van der Waals surface area (Å²) in [5.74, 6) is -1.00. The second kappa shape index (κ2) is 16.4. The highest BCUT2D eigenvalue weighted by Crippen LogP contribution is 2.13. The largest absolute Gasteiger partial charge is 0.354 e. The van der Waals surface area contributed by atoms with Crippen LogP contribution in [0.15, 0.2) is 0 Å². The predicted octanol–water partition coefficient (Wildman–Crippen LogP) is 4.57. The topological polar surface area (TPSA) is 87.3 Å². The van der Waals surface area contributed by atoms with Crippen molar-refractivity contribution in [1.29, 1.82) is 0 Å². The molecule has 0 aromatic heterocycles. The van der Waals surface area contributed by atoms with Crippen LogP contribution >= 0.6 is 0 Å². The molecule has 1 fully saturated rings. The maximum atomic E-state index is 11.8. The van der Waals surface area contributed by atoms with Crippen molar-refractivity contribution in [1.82, 2.24) is 16.0 Å². The number of carbonyl (C=O) groups excluding carboxylic acids is 3. The third kappa shape index (κ3) is 12.0. The Hall–Kier alpha value is -1.59. The van der Waals surface area contributed by atoms with Crippen LogP contribution in [0.2, 0.25) is 0 Å². The summed E-state index contributed by atoms with van der Waals surface area (Å²) >= 11 is 0. The van der Waals surface area contributed by atoms with E-state index in [9.17, 15) is 14.4 Å². The smallest absolute Gasteiger partial charge is 0.322 e. The summed E-state index contributed by atoms with van der Waals surface area (Å²) in [5.41, 5.74) is 0. The second-order valence-electron chi connectivity index (χ2n) is 7.99. The minimum absolute atomic E-state index is 0.427. The van der Waals surface area contributed by atoms with Crippen molar-refractivity contribution in [3.63, 3.8) is 0 Å². The van der Waals surface area contributed by atoms with Gasteiger partial charge >= 0.3 is 6.03 Å². The number of rotatable bonds is 18. The molecular weight excluding hydrogens is 354 g/mol. The normalized spacial score (nSPS) is 16.1. The van der Waals surface area contributed by atoms with Crippen LogP contribution in [-0.2, 0) is 9.59 Å². The number of urea groups is 1. The molecule has 1 aliphatic heterocycles. The molecule has 3 N–H and O–H groups in total. The highest BCUT2D eigenvalue weighted by atomic mass is 16.2. The summed E-state index contributed by atoms with van der Waals surface area (Å²) in [6.07, 6.45) is 21.0. The zero-order valence-corrected chi connectivity index (χ0v) is 17.8. The monoisotopic (exact) mass is 395 g/mol. The van der Waals surface area contributed by atoms with E-state index in [1.54, 1.807) is 0 Å². The van der Waals surface area contributed by atoms with Gasteiger partial charge in [0.1, 0.15) is 0 Å². The molecule has 6 heteroatoms. The lowest BCUT2D eigenvalue weighted by Gasteiger charge is -2.08. The molecule has 4 amide bonds. The summed E-state index contributed by atoms with van der Waals surface area (Å²) in [4.78, 5) is 34.1. The van der Waals surface area contributed by atoms with Gasteiger partial charge in [0.05, 0.1) is 0 Å². The van der Waals surface area contributed by atoms with Gasteiger partial charge in [0, 0.05) is 6.54 Å². The molecule has 0 radical (unpaired) electrons. The molecule has 0 spiro atoms. The van der Waals surface area contributed by atoms with E-state index in [0.717, 1.165) is 12.8 Å². The second-order valence-corrected chi connectivity index (χ2v) is 7.99. The molecule has 28 heavy (non-hydrogen) atoms. The van der Waals surface area contributed by atoms with Crippen molar-refractivity contribution < 1.29 is 14.4 Å². The highest BCUT2D eigenvalue weighted by molar-refractivity contribution is 6.15. The first-order valence-electron chi connectivity index (χ1n) is 11.5. The van der Waals surface area contributed by atoms with Crippen LogP contribution in [0.5, 0.6) is 0 Å². The molecule has 0 saturated carbocycles. The Morgan fingerprint density at radius 1 is 0.750 bits per heavy atom. The Kier molecular flexibility index (Phi) is 14.3. The van der Waals surface area contributed by atoms with E-state index in [1.165, 1.54) is 89.9 Å². The number of nitrogens with one attached hydrogen (secondary N) is 3. The molecule has 1 atom stereocenters. The SMILES string of the molecule is CCCCCCCCCCCCCCCCCCNC(=O)C1NC(=O)NC1=O. The van der Waals surface area contributed by atoms with Gasteiger partial charge in [0.25, 0.3) is 11.8 Å². The van der Waals surface area contributed by atoms with Crippen LogP contribution < -0.4 is 16.0 Å². The lowest BCUT2D eigenvalue weighted by Crippen LogP contribution is -2.45. The average molecular weight is 396 g/mol. The molecule has 0 bridgehead atoms. The van der Waals surface area contributed by atoms with Gasteiger partial charge in [-0.2, -0.15) is 0 Å². The van der Waals surface area contributed by atoms with E-state index >= 15 is 0 Å². The summed E-state index contributed by atoms with van der Waals surface area (Å²) in [6, 6.07) is -1.68. The van der Waals surface area contributed by atoms with Gasteiger partial charge in [0.15, 0.2) is 6.04 Å². The van der Waals surface area contributed by atoms with Gasteiger partial charge in [-0.3, -0.25) is 14.9 Å². The molecule has 1 rings (SSSR count). The maximum absolute atomic E-state index is 11.8. The quantitative estimate of drug-likeness (QED) is 0.180. The summed E-state index contributed by atoms with van der Waals surface area (Å²) in [7, 11) is 0. The van der Waals surface area contributed by atoms with Crippen molar-refractivity contribution in [3.05, 3.63) is 0 Å². The Balaban J connectivity index is 1.77. The molecule has 162 valence electrons. The Morgan fingerprint density at radius 2 is 1.18 bits per heavy atom. The third-order valence-electron chi connectivity index (χ3n) is 5.37. The van der Waals surface area contributed by atoms with E-state index in [0.29, 0.717) is 6.54 Å². The lowest BCUT2D eigenvalue weighted by atomic mass is 10.0.